The van der Waals surface area contributed by atoms with Crippen LogP contribution >= 0.6 is 11.3 Å². The molecule has 13 nitrogen and oxygen atoms in total. The van der Waals surface area contributed by atoms with Gasteiger partial charge in [-0.05, 0) is 17.5 Å². The van der Waals surface area contributed by atoms with Gasteiger partial charge in [-0.1, -0.05) is 74.0 Å². The molecule has 2 aromatic heterocycles. The molecule has 0 fully saturated rings. The maximum atomic E-state index is 13.0. The number of aryl methyl sites for hydroxylation is 1. The standard InChI is InChI=1S/C31H35N7O6S/c1-2-9-23-17-38(18-24(14-26(39)40)35-31(43)44-19-22-12-7-4-8-13-22)30(42)36-27(23)32-16-25-20-45-29(34-25)37-28(41)33-15-21-10-5-3-6-11-21/h3-8,10-13,17,20,24H,2,9,14-16,18-19H2,1H3,(H,35,43)(H,39,40)(H,32,36,42)(H2,33,34,37,41). The first-order chi connectivity index (χ1) is 21.8. The molecule has 2 heterocycles. The molecule has 4 rings (SSSR count). The summed E-state index contributed by atoms with van der Waals surface area (Å²) in [6.45, 7) is 2.54. The Balaban J connectivity index is 1.35. The number of carbonyl (C=O) groups is 3. The van der Waals surface area contributed by atoms with Crippen LogP contribution in [0.25, 0.3) is 0 Å². The van der Waals surface area contributed by atoms with Gasteiger partial charge in [0.2, 0.25) is 0 Å². The van der Waals surface area contributed by atoms with Crippen LogP contribution in [-0.2, 0) is 42.2 Å². The van der Waals surface area contributed by atoms with E-state index in [1.807, 2.05) is 55.5 Å². The van der Waals surface area contributed by atoms with E-state index in [-0.39, 0.29) is 25.7 Å². The lowest BCUT2D eigenvalue weighted by atomic mass is 10.1. The maximum Gasteiger partial charge on any atom is 0.407 e. The van der Waals surface area contributed by atoms with Crippen molar-refractivity contribution in [3.05, 3.63) is 105 Å². The van der Waals surface area contributed by atoms with E-state index in [0.717, 1.165) is 23.1 Å². The van der Waals surface area contributed by atoms with Crippen LogP contribution < -0.4 is 27.0 Å². The molecule has 0 radical (unpaired) electrons. The van der Waals surface area contributed by atoms with E-state index in [2.05, 4.69) is 31.2 Å². The van der Waals surface area contributed by atoms with Gasteiger partial charge >= 0.3 is 23.8 Å². The molecule has 0 aliphatic carbocycles. The average Bonchev–Trinajstić information content (AvgIpc) is 3.47. The van der Waals surface area contributed by atoms with Gasteiger partial charge in [0.25, 0.3) is 0 Å². The third-order valence-electron chi connectivity index (χ3n) is 6.47. The van der Waals surface area contributed by atoms with Gasteiger partial charge < -0.3 is 25.8 Å². The lowest BCUT2D eigenvalue weighted by molar-refractivity contribution is -0.137. The molecule has 0 bridgehead atoms. The first kappa shape index (κ1) is 32.7. The van der Waals surface area contributed by atoms with Crippen LogP contribution in [0, 0.1) is 0 Å². The van der Waals surface area contributed by atoms with Crippen LogP contribution in [0.2, 0.25) is 0 Å². The number of carboxylic acids is 1. The molecular weight excluding hydrogens is 598 g/mol. The topological polar surface area (TPSA) is 177 Å². The molecule has 14 heteroatoms. The summed E-state index contributed by atoms with van der Waals surface area (Å²) >= 11 is 1.27. The van der Waals surface area contributed by atoms with Crippen molar-refractivity contribution in [2.24, 2.45) is 0 Å². The van der Waals surface area contributed by atoms with E-state index in [1.54, 1.807) is 23.7 Å². The van der Waals surface area contributed by atoms with Crippen molar-refractivity contribution in [3.8, 4) is 0 Å². The highest BCUT2D eigenvalue weighted by Gasteiger charge is 2.20. The number of aromatic nitrogens is 3. The van der Waals surface area contributed by atoms with E-state index in [1.165, 1.54) is 15.9 Å². The molecule has 0 spiro atoms. The van der Waals surface area contributed by atoms with E-state index >= 15 is 0 Å². The molecule has 45 heavy (non-hydrogen) atoms. The van der Waals surface area contributed by atoms with Gasteiger partial charge in [-0.15, -0.1) is 11.3 Å². The van der Waals surface area contributed by atoms with Crippen LogP contribution in [-0.4, -0.2) is 43.8 Å². The first-order valence-electron chi connectivity index (χ1n) is 14.4. The third-order valence-corrected chi connectivity index (χ3v) is 7.27. The molecule has 1 unspecified atom stereocenters. The largest absolute Gasteiger partial charge is 0.481 e. The van der Waals surface area contributed by atoms with Gasteiger partial charge in [0, 0.05) is 30.2 Å². The molecule has 5 N–H and O–H groups in total. The van der Waals surface area contributed by atoms with Gasteiger partial charge in [-0.2, -0.15) is 4.98 Å². The number of benzene rings is 2. The SMILES string of the molecule is CCCc1cn(CC(CC(=O)O)NC(=O)OCc2ccccc2)c(=O)nc1NCc1csc(NC(=O)NCc2ccccc2)n1. The Bertz CT molecular complexity index is 1630. The van der Waals surface area contributed by atoms with Crippen molar-refractivity contribution in [2.75, 3.05) is 10.6 Å². The van der Waals surface area contributed by atoms with Crippen LogP contribution in [0.4, 0.5) is 20.5 Å². The van der Waals surface area contributed by atoms with Gasteiger partial charge in [0.1, 0.15) is 12.4 Å². The van der Waals surface area contributed by atoms with E-state index in [0.29, 0.717) is 29.6 Å². The number of nitrogens with zero attached hydrogens (tertiary/aromatic N) is 3. The molecule has 0 aliphatic rings. The second kappa shape index (κ2) is 16.6. The van der Waals surface area contributed by atoms with E-state index in [4.69, 9.17) is 4.74 Å². The zero-order valence-electron chi connectivity index (χ0n) is 24.7. The average molecular weight is 634 g/mol. The fourth-order valence-corrected chi connectivity index (χ4v) is 5.06. The fraction of sp³-hybridized carbons (Fsp3) is 0.290. The second-order valence-electron chi connectivity index (χ2n) is 10.1. The fourth-order valence-electron chi connectivity index (χ4n) is 4.35. The Labute approximate surface area is 263 Å². The number of hydrogen-bond donors (Lipinski definition) is 5. The number of alkyl carbamates (subject to hydrolysis) is 1. The molecule has 0 aliphatic heterocycles. The van der Waals surface area contributed by atoms with Crippen LogP contribution in [0.5, 0.6) is 0 Å². The zero-order valence-corrected chi connectivity index (χ0v) is 25.5. The summed E-state index contributed by atoms with van der Waals surface area (Å²) in [5.41, 5.74) is 2.54. The Kier molecular flexibility index (Phi) is 12.0. The number of aliphatic carboxylic acids is 1. The minimum absolute atomic E-state index is 0.0208. The highest BCUT2D eigenvalue weighted by atomic mass is 32.1. The first-order valence-corrected chi connectivity index (χ1v) is 15.2. The second-order valence-corrected chi connectivity index (χ2v) is 10.9. The van der Waals surface area contributed by atoms with Gasteiger partial charge in [0.05, 0.1) is 24.7 Å². The molecule has 4 aromatic rings. The monoisotopic (exact) mass is 633 g/mol. The van der Waals surface area contributed by atoms with Gasteiger partial charge in [-0.3, -0.25) is 14.7 Å². The van der Waals surface area contributed by atoms with E-state index < -0.39 is 30.2 Å². The maximum absolute atomic E-state index is 13.0. The summed E-state index contributed by atoms with van der Waals surface area (Å²) in [5, 5.41) is 22.8. The molecule has 1 atom stereocenters. The summed E-state index contributed by atoms with van der Waals surface area (Å²) < 4.78 is 6.52. The molecule has 236 valence electrons. The van der Waals surface area contributed by atoms with Crippen molar-refractivity contribution in [1.29, 1.82) is 0 Å². The number of amides is 3. The minimum atomic E-state index is -1.14. The number of thiazole rings is 1. The Hall–Kier alpha value is -5.24. The molecule has 2 aromatic carbocycles. The zero-order chi connectivity index (χ0) is 32.0. The van der Waals surface area contributed by atoms with Crippen molar-refractivity contribution in [2.45, 2.75) is 58.5 Å². The van der Waals surface area contributed by atoms with Crippen molar-refractivity contribution in [3.63, 3.8) is 0 Å². The Morgan fingerprint density at radius 1 is 1.00 bits per heavy atom. The Morgan fingerprint density at radius 3 is 2.40 bits per heavy atom. The normalized spacial score (nSPS) is 11.3. The lowest BCUT2D eigenvalue weighted by Gasteiger charge is -2.19. The van der Waals surface area contributed by atoms with Crippen LogP contribution in [0.15, 0.2) is 77.0 Å². The molecule has 3 amide bonds. The molecule has 0 saturated heterocycles. The number of anilines is 2. The highest BCUT2D eigenvalue weighted by Crippen LogP contribution is 2.18. The van der Waals surface area contributed by atoms with Crippen molar-refractivity contribution < 1.29 is 24.2 Å². The number of carboxylic acid groups (broad SMARTS) is 1. The highest BCUT2D eigenvalue weighted by molar-refractivity contribution is 7.13. The van der Waals surface area contributed by atoms with Gasteiger partial charge in [0.15, 0.2) is 5.13 Å². The van der Waals surface area contributed by atoms with Crippen molar-refractivity contribution in [1.82, 2.24) is 25.2 Å². The predicted molar refractivity (Wildman–Crippen MR) is 170 cm³/mol. The predicted octanol–water partition coefficient (Wildman–Crippen LogP) is 4.36. The van der Waals surface area contributed by atoms with Crippen LogP contribution in [0.3, 0.4) is 0 Å². The summed E-state index contributed by atoms with van der Waals surface area (Å²) in [4.78, 5) is 57.8. The lowest BCUT2D eigenvalue weighted by Crippen LogP contribution is -2.42. The number of nitrogens with one attached hydrogen (secondary N) is 4. The molecular formula is C31H35N7O6S. The summed E-state index contributed by atoms with van der Waals surface area (Å²) in [6.07, 6.45) is 1.78. The summed E-state index contributed by atoms with van der Waals surface area (Å²) in [5.74, 6) is -0.756. The summed E-state index contributed by atoms with van der Waals surface area (Å²) in [7, 11) is 0. The smallest absolute Gasteiger partial charge is 0.407 e. The van der Waals surface area contributed by atoms with Crippen molar-refractivity contribution >= 4 is 40.4 Å². The number of urea groups is 1. The number of hydrogen-bond acceptors (Lipinski definition) is 9. The summed E-state index contributed by atoms with van der Waals surface area (Å²) in [6, 6.07) is 17.3. The minimum Gasteiger partial charge on any atom is -0.481 e. The quantitative estimate of drug-likeness (QED) is 0.127. The third kappa shape index (κ3) is 10.8. The number of ether oxygens (including phenoxy) is 1. The number of carbonyl (C=O) groups excluding carboxylic acids is 2. The van der Waals surface area contributed by atoms with Crippen LogP contribution in [0.1, 0.15) is 42.1 Å². The molecule has 0 saturated carbocycles. The Morgan fingerprint density at radius 2 is 1.71 bits per heavy atom. The van der Waals surface area contributed by atoms with Gasteiger partial charge in [-0.25, -0.2) is 19.4 Å². The van der Waals surface area contributed by atoms with E-state index in [9.17, 15) is 24.3 Å². The number of rotatable bonds is 15.